The SMILES string of the molecule is Cc1ccc([N+](=O)[O-])c2scc(Cl)c12. The average molecular weight is 228 g/mol. The summed E-state index contributed by atoms with van der Waals surface area (Å²) in [6.45, 7) is 1.89. The number of hydrogen-bond donors (Lipinski definition) is 0. The second-order valence-electron chi connectivity index (χ2n) is 2.95. The molecule has 0 saturated carbocycles. The summed E-state index contributed by atoms with van der Waals surface area (Å²) in [5.41, 5.74) is 1.10. The van der Waals surface area contributed by atoms with Crippen LogP contribution in [0.5, 0.6) is 0 Å². The first-order valence-corrected chi connectivity index (χ1v) is 5.17. The van der Waals surface area contributed by atoms with Crippen molar-refractivity contribution in [1.29, 1.82) is 0 Å². The van der Waals surface area contributed by atoms with E-state index in [1.807, 2.05) is 6.92 Å². The highest BCUT2D eigenvalue weighted by molar-refractivity contribution is 7.18. The number of hydrogen-bond acceptors (Lipinski definition) is 3. The van der Waals surface area contributed by atoms with Gasteiger partial charge in [-0.05, 0) is 12.5 Å². The zero-order valence-corrected chi connectivity index (χ0v) is 8.85. The summed E-state index contributed by atoms with van der Waals surface area (Å²) in [7, 11) is 0. The molecule has 2 rings (SSSR count). The molecule has 0 aliphatic carbocycles. The Morgan fingerprint density at radius 2 is 2.21 bits per heavy atom. The molecule has 0 saturated heterocycles. The van der Waals surface area contributed by atoms with Gasteiger partial charge in [-0.15, -0.1) is 11.3 Å². The number of nitrogens with zero attached hydrogens (tertiary/aromatic N) is 1. The van der Waals surface area contributed by atoms with Crippen molar-refractivity contribution in [1.82, 2.24) is 0 Å². The largest absolute Gasteiger partial charge is 0.287 e. The minimum atomic E-state index is -0.380. The van der Waals surface area contributed by atoms with Gasteiger partial charge in [0.15, 0.2) is 0 Å². The Morgan fingerprint density at radius 1 is 1.50 bits per heavy atom. The highest BCUT2D eigenvalue weighted by Crippen LogP contribution is 2.38. The quantitative estimate of drug-likeness (QED) is 0.550. The maximum atomic E-state index is 10.7. The molecule has 3 nitrogen and oxygen atoms in total. The molecule has 0 amide bonds. The van der Waals surface area contributed by atoms with E-state index in [2.05, 4.69) is 0 Å². The van der Waals surface area contributed by atoms with Gasteiger partial charge in [0, 0.05) is 16.8 Å². The number of aryl methyl sites for hydroxylation is 1. The second-order valence-corrected chi connectivity index (χ2v) is 4.23. The Bertz CT molecular complexity index is 521. The summed E-state index contributed by atoms with van der Waals surface area (Å²) >= 11 is 7.25. The number of nitro benzene ring substituents is 1. The molecule has 0 radical (unpaired) electrons. The van der Waals surface area contributed by atoms with E-state index in [-0.39, 0.29) is 10.6 Å². The van der Waals surface area contributed by atoms with Gasteiger partial charge >= 0.3 is 0 Å². The lowest BCUT2D eigenvalue weighted by Gasteiger charge is -1.97. The van der Waals surface area contributed by atoms with E-state index in [0.717, 1.165) is 10.9 Å². The van der Waals surface area contributed by atoms with Gasteiger partial charge in [-0.25, -0.2) is 0 Å². The van der Waals surface area contributed by atoms with Gasteiger partial charge in [-0.1, -0.05) is 17.7 Å². The average Bonchev–Trinajstić information content (AvgIpc) is 2.49. The monoisotopic (exact) mass is 227 g/mol. The third-order valence-corrected chi connectivity index (χ3v) is 3.49. The number of nitro groups is 1. The fourth-order valence-electron chi connectivity index (χ4n) is 1.40. The normalized spacial score (nSPS) is 10.7. The van der Waals surface area contributed by atoms with Crippen molar-refractivity contribution in [3.63, 3.8) is 0 Å². The number of rotatable bonds is 1. The first kappa shape index (κ1) is 9.43. The van der Waals surface area contributed by atoms with Gasteiger partial charge in [0.05, 0.1) is 9.95 Å². The van der Waals surface area contributed by atoms with Crippen LogP contribution in [-0.2, 0) is 0 Å². The van der Waals surface area contributed by atoms with Crippen LogP contribution < -0.4 is 0 Å². The highest BCUT2D eigenvalue weighted by atomic mass is 35.5. The van der Waals surface area contributed by atoms with Crippen molar-refractivity contribution in [2.45, 2.75) is 6.92 Å². The summed E-state index contributed by atoms with van der Waals surface area (Å²) < 4.78 is 0.653. The van der Waals surface area contributed by atoms with Gasteiger partial charge in [-0.2, -0.15) is 0 Å². The zero-order valence-electron chi connectivity index (χ0n) is 7.28. The first-order chi connectivity index (χ1) is 6.61. The van der Waals surface area contributed by atoms with Crippen molar-refractivity contribution >= 4 is 38.7 Å². The molecule has 14 heavy (non-hydrogen) atoms. The molecular formula is C9H6ClNO2S. The molecule has 1 aromatic heterocycles. The van der Waals surface area contributed by atoms with Crippen molar-refractivity contribution in [2.24, 2.45) is 0 Å². The third kappa shape index (κ3) is 1.27. The lowest BCUT2D eigenvalue weighted by molar-refractivity contribution is -0.382. The zero-order chi connectivity index (χ0) is 10.3. The van der Waals surface area contributed by atoms with Crippen molar-refractivity contribution in [3.8, 4) is 0 Å². The van der Waals surface area contributed by atoms with Gasteiger partial charge < -0.3 is 0 Å². The molecule has 0 aliphatic rings. The smallest absolute Gasteiger partial charge is 0.258 e. The van der Waals surface area contributed by atoms with Gasteiger partial charge in [-0.3, -0.25) is 10.1 Å². The molecule has 0 fully saturated rings. The van der Waals surface area contributed by atoms with Crippen LogP contribution in [0.4, 0.5) is 5.69 Å². The molecular weight excluding hydrogens is 222 g/mol. The molecule has 1 heterocycles. The van der Waals surface area contributed by atoms with E-state index in [1.165, 1.54) is 17.4 Å². The van der Waals surface area contributed by atoms with Crippen molar-refractivity contribution < 1.29 is 4.92 Å². The Hall–Kier alpha value is -1.13. The van der Waals surface area contributed by atoms with Gasteiger partial charge in [0.2, 0.25) is 0 Å². The van der Waals surface area contributed by atoms with Gasteiger partial charge in [0.25, 0.3) is 5.69 Å². The van der Waals surface area contributed by atoms with Gasteiger partial charge in [0.1, 0.15) is 4.70 Å². The predicted octanol–water partition coefficient (Wildman–Crippen LogP) is 3.77. The standard InChI is InChI=1S/C9H6ClNO2S/c1-5-2-3-7(11(12)13)9-8(5)6(10)4-14-9/h2-4H,1H3. The Morgan fingerprint density at radius 3 is 2.86 bits per heavy atom. The predicted molar refractivity (Wildman–Crippen MR) is 58.2 cm³/mol. The van der Waals surface area contributed by atoms with Crippen LogP contribution in [0.15, 0.2) is 17.5 Å². The van der Waals surface area contributed by atoms with E-state index in [9.17, 15) is 10.1 Å². The Labute approximate surface area is 89.1 Å². The third-order valence-electron chi connectivity index (χ3n) is 2.06. The molecule has 5 heteroatoms. The summed E-state index contributed by atoms with van der Waals surface area (Å²) in [6, 6.07) is 3.24. The van der Waals surface area contributed by atoms with E-state index in [4.69, 9.17) is 11.6 Å². The topological polar surface area (TPSA) is 43.1 Å². The maximum Gasteiger partial charge on any atom is 0.287 e. The first-order valence-electron chi connectivity index (χ1n) is 3.92. The highest BCUT2D eigenvalue weighted by Gasteiger charge is 2.16. The van der Waals surface area contributed by atoms with Crippen LogP contribution in [0.1, 0.15) is 5.56 Å². The molecule has 0 aliphatic heterocycles. The number of benzene rings is 1. The number of non-ortho nitro benzene ring substituents is 1. The molecule has 0 unspecified atom stereocenters. The van der Waals surface area contributed by atoms with E-state index in [1.54, 1.807) is 11.4 Å². The molecule has 72 valence electrons. The fraction of sp³-hybridized carbons (Fsp3) is 0.111. The van der Waals surface area contributed by atoms with E-state index in [0.29, 0.717) is 9.72 Å². The van der Waals surface area contributed by atoms with E-state index < -0.39 is 0 Å². The molecule has 2 aromatic rings. The lowest BCUT2D eigenvalue weighted by atomic mass is 10.1. The van der Waals surface area contributed by atoms with Crippen LogP contribution in [0.25, 0.3) is 10.1 Å². The molecule has 0 atom stereocenters. The number of fused-ring (bicyclic) bond motifs is 1. The van der Waals surface area contributed by atoms with Crippen LogP contribution in [0.2, 0.25) is 5.02 Å². The van der Waals surface area contributed by atoms with Crippen LogP contribution in [0, 0.1) is 17.0 Å². The van der Waals surface area contributed by atoms with Crippen molar-refractivity contribution in [2.75, 3.05) is 0 Å². The maximum absolute atomic E-state index is 10.7. The summed E-state index contributed by atoms with van der Waals surface area (Å²) in [4.78, 5) is 10.3. The molecule has 0 bridgehead atoms. The van der Waals surface area contributed by atoms with Crippen molar-refractivity contribution in [3.05, 3.63) is 38.2 Å². The summed E-state index contributed by atoms with van der Waals surface area (Å²) in [5, 5.41) is 13.8. The Balaban J connectivity index is 2.90. The second kappa shape index (κ2) is 3.22. The fourth-order valence-corrected chi connectivity index (χ4v) is 2.82. The lowest BCUT2D eigenvalue weighted by Crippen LogP contribution is -1.88. The number of thiophene rings is 1. The minimum absolute atomic E-state index is 0.127. The summed E-state index contributed by atoms with van der Waals surface area (Å²) in [6.07, 6.45) is 0. The molecule has 0 spiro atoms. The minimum Gasteiger partial charge on any atom is -0.258 e. The van der Waals surface area contributed by atoms with Crippen LogP contribution >= 0.6 is 22.9 Å². The van der Waals surface area contributed by atoms with Crippen LogP contribution in [0.3, 0.4) is 0 Å². The summed E-state index contributed by atoms with van der Waals surface area (Å²) in [5.74, 6) is 0. The molecule has 0 N–H and O–H groups in total. The van der Waals surface area contributed by atoms with E-state index >= 15 is 0 Å². The molecule has 1 aromatic carbocycles. The Kier molecular flexibility index (Phi) is 2.17. The number of halogens is 1. The van der Waals surface area contributed by atoms with Crippen LogP contribution in [-0.4, -0.2) is 4.92 Å².